The predicted octanol–water partition coefficient (Wildman–Crippen LogP) is 2.75. The van der Waals surface area contributed by atoms with Gasteiger partial charge in [-0.1, -0.05) is 18.6 Å². The van der Waals surface area contributed by atoms with Crippen LogP contribution in [0.2, 0.25) is 0 Å². The highest BCUT2D eigenvalue weighted by Gasteiger charge is 2.00. The molecule has 0 aliphatic heterocycles. The van der Waals surface area contributed by atoms with Gasteiger partial charge in [0.15, 0.2) is 0 Å². The van der Waals surface area contributed by atoms with Crippen LogP contribution in [0, 0.1) is 0 Å². The number of rotatable bonds is 8. The van der Waals surface area contributed by atoms with Gasteiger partial charge in [0.1, 0.15) is 5.75 Å². The topological polar surface area (TPSA) is 58.6 Å². The van der Waals surface area contributed by atoms with Crippen molar-refractivity contribution in [2.45, 2.75) is 25.7 Å². The summed E-state index contributed by atoms with van der Waals surface area (Å²) in [5.74, 6) is 0.112. The Morgan fingerprint density at radius 3 is 2.76 bits per heavy atom. The first kappa shape index (κ1) is 13.4. The molecule has 4 nitrogen and oxygen atoms in total. The van der Waals surface area contributed by atoms with Crippen LogP contribution in [0.3, 0.4) is 0 Å². The molecule has 1 aromatic rings. The highest BCUT2D eigenvalue weighted by molar-refractivity contribution is 5.66. The van der Waals surface area contributed by atoms with Crippen LogP contribution in [0.15, 0.2) is 24.3 Å². The first-order chi connectivity index (χ1) is 8.24. The fourth-order valence-corrected chi connectivity index (χ4v) is 1.59. The molecule has 0 fully saturated rings. The van der Waals surface area contributed by atoms with Crippen LogP contribution in [0.4, 0.5) is 5.69 Å². The first-order valence-electron chi connectivity index (χ1n) is 5.82. The molecular weight excluding hydrogens is 218 g/mol. The van der Waals surface area contributed by atoms with Crippen LogP contribution in [0.1, 0.15) is 25.7 Å². The lowest BCUT2D eigenvalue weighted by atomic mass is 10.2. The first-order valence-corrected chi connectivity index (χ1v) is 5.82. The number of aliphatic carboxylic acids is 1. The van der Waals surface area contributed by atoms with E-state index in [1.807, 2.05) is 24.3 Å². The summed E-state index contributed by atoms with van der Waals surface area (Å²) in [6, 6.07) is 7.76. The van der Waals surface area contributed by atoms with Crippen molar-refractivity contribution in [2.75, 3.05) is 19.0 Å². The third-order valence-electron chi connectivity index (χ3n) is 2.49. The Balaban J connectivity index is 2.19. The van der Waals surface area contributed by atoms with Crippen LogP contribution >= 0.6 is 0 Å². The molecule has 4 heteroatoms. The Morgan fingerprint density at radius 1 is 1.29 bits per heavy atom. The van der Waals surface area contributed by atoms with Crippen LogP contribution in [0.5, 0.6) is 5.75 Å². The average molecular weight is 237 g/mol. The molecule has 2 N–H and O–H groups in total. The largest absolute Gasteiger partial charge is 0.495 e. The number of para-hydroxylation sites is 2. The van der Waals surface area contributed by atoms with Gasteiger partial charge >= 0.3 is 5.97 Å². The molecule has 0 aromatic heterocycles. The van der Waals surface area contributed by atoms with Crippen molar-refractivity contribution in [2.24, 2.45) is 0 Å². The van der Waals surface area contributed by atoms with E-state index in [-0.39, 0.29) is 6.42 Å². The van der Waals surface area contributed by atoms with E-state index in [1.165, 1.54) is 0 Å². The lowest BCUT2D eigenvalue weighted by molar-refractivity contribution is -0.137. The minimum atomic E-state index is -0.720. The number of anilines is 1. The van der Waals surface area contributed by atoms with E-state index >= 15 is 0 Å². The van der Waals surface area contributed by atoms with Gasteiger partial charge in [-0.2, -0.15) is 0 Å². The summed E-state index contributed by atoms with van der Waals surface area (Å²) in [4.78, 5) is 10.3. The van der Waals surface area contributed by atoms with E-state index in [1.54, 1.807) is 7.11 Å². The van der Waals surface area contributed by atoms with Crippen LogP contribution in [-0.2, 0) is 4.79 Å². The molecule has 0 saturated carbocycles. The normalized spacial score (nSPS) is 9.94. The summed E-state index contributed by atoms with van der Waals surface area (Å²) in [5, 5.41) is 11.8. The molecule has 94 valence electrons. The molecule has 0 radical (unpaired) electrons. The Hall–Kier alpha value is -1.71. The highest BCUT2D eigenvalue weighted by Crippen LogP contribution is 2.22. The predicted molar refractivity (Wildman–Crippen MR) is 67.6 cm³/mol. The smallest absolute Gasteiger partial charge is 0.303 e. The Labute approximate surface area is 102 Å². The Kier molecular flexibility index (Phi) is 5.93. The highest BCUT2D eigenvalue weighted by atomic mass is 16.5. The quantitative estimate of drug-likeness (QED) is 0.682. The van der Waals surface area contributed by atoms with Gasteiger partial charge in [0.05, 0.1) is 12.8 Å². The third kappa shape index (κ3) is 5.24. The number of hydrogen-bond donors (Lipinski definition) is 2. The van der Waals surface area contributed by atoms with Crippen molar-refractivity contribution in [3.05, 3.63) is 24.3 Å². The second-order valence-corrected chi connectivity index (χ2v) is 3.83. The number of carboxylic acids is 1. The number of methoxy groups -OCH3 is 1. The number of nitrogens with one attached hydrogen (secondary N) is 1. The fourth-order valence-electron chi connectivity index (χ4n) is 1.59. The maximum Gasteiger partial charge on any atom is 0.303 e. The number of carboxylic acid groups (broad SMARTS) is 1. The van der Waals surface area contributed by atoms with Gasteiger partial charge in [-0.3, -0.25) is 4.79 Å². The Bertz CT molecular complexity index is 352. The summed E-state index contributed by atoms with van der Waals surface area (Å²) in [5.41, 5.74) is 0.980. The van der Waals surface area contributed by atoms with E-state index in [0.717, 1.165) is 37.2 Å². The van der Waals surface area contributed by atoms with Gasteiger partial charge in [0.25, 0.3) is 0 Å². The molecule has 0 heterocycles. The van der Waals surface area contributed by atoms with Crippen molar-refractivity contribution < 1.29 is 14.6 Å². The van der Waals surface area contributed by atoms with E-state index in [2.05, 4.69) is 5.32 Å². The minimum Gasteiger partial charge on any atom is -0.495 e. The van der Waals surface area contributed by atoms with Gasteiger partial charge in [-0.25, -0.2) is 0 Å². The molecule has 1 aromatic carbocycles. The van der Waals surface area contributed by atoms with Crippen molar-refractivity contribution in [1.29, 1.82) is 0 Å². The SMILES string of the molecule is COc1ccccc1NCCCCCC(=O)O. The summed E-state index contributed by atoms with van der Waals surface area (Å²) < 4.78 is 5.21. The monoisotopic (exact) mass is 237 g/mol. The van der Waals surface area contributed by atoms with Crippen LogP contribution < -0.4 is 10.1 Å². The molecule has 0 spiro atoms. The van der Waals surface area contributed by atoms with Crippen molar-refractivity contribution in [1.82, 2.24) is 0 Å². The standard InChI is InChI=1S/C13H19NO3/c1-17-12-8-5-4-7-11(12)14-10-6-2-3-9-13(15)16/h4-5,7-8,14H,2-3,6,9-10H2,1H3,(H,15,16). The number of hydrogen-bond acceptors (Lipinski definition) is 3. The van der Waals surface area contributed by atoms with E-state index in [0.29, 0.717) is 0 Å². The van der Waals surface area contributed by atoms with Gasteiger partial charge in [0, 0.05) is 13.0 Å². The van der Waals surface area contributed by atoms with Crippen LogP contribution in [0.25, 0.3) is 0 Å². The zero-order valence-electron chi connectivity index (χ0n) is 10.1. The lowest BCUT2D eigenvalue weighted by Gasteiger charge is -2.10. The third-order valence-corrected chi connectivity index (χ3v) is 2.49. The maximum absolute atomic E-state index is 10.3. The van der Waals surface area contributed by atoms with E-state index in [4.69, 9.17) is 9.84 Å². The fraction of sp³-hybridized carbons (Fsp3) is 0.462. The zero-order chi connectivity index (χ0) is 12.5. The van der Waals surface area contributed by atoms with Crippen molar-refractivity contribution >= 4 is 11.7 Å². The summed E-state index contributed by atoms with van der Waals surface area (Å²) >= 11 is 0. The molecule has 0 unspecified atom stereocenters. The van der Waals surface area contributed by atoms with Gasteiger partial charge in [-0.05, 0) is 25.0 Å². The van der Waals surface area contributed by atoms with Gasteiger partial charge < -0.3 is 15.2 Å². The van der Waals surface area contributed by atoms with Crippen LogP contribution in [-0.4, -0.2) is 24.7 Å². The van der Waals surface area contributed by atoms with E-state index < -0.39 is 5.97 Å². The average Bonchev–Trinajstić information content (AvgIpc) is 2.33. The molecule has 0 atom stereocenters. The molecule has 0 bridgehead atoms. The maximum atomic E-state index is 10.3. The lowest BCUT2D eigenvalue weighted by Crippen LogP contribution is -2.03. The minimum absolute atomic E-state index is 0.259. The van der Waals surface area contributed by atoms with E-state index in [9.17, 15) is 4.79 Å². The Morgan fingerprint density at radius 2 is 2.06 bits per heavy atom. The second kappa shape index (κ2) is 7.54. The molecule has 17 heavy (non-hydrogen) atoms. The number of ether oxygens (including phenoxy) is 1. The molecule has 0 saturated heterocycles. The molecule has 0 aliphatic carbocycles. The number of carbonyl (C=O) groups is 1. The number of unbranched alkanes of at least 4 members (excludes halogenated alkanes) is 2. The number of benzene rings is 1. The molecule has 0 aliphatic rings. The summed E-state index contributed by atoms with van der Waals surface area (Å²) in [6.07, 6.45) is 2.89. The summed E-state index contributed by atoms with van der Waals surface area (Å²) in [6.45, 7) is 0.833. The molecular formula is C13H19NO3. The van der Waals surface area contributed by atoms with Crippen molar-refractivity contribution in [3.63, 3.8) is 0 Å². The second-order valence-electron chi connectivity index (χ2n) is 3.83. The molecule has 0 amide bonds. The molecule has 1 rings (SSSR count). The summed E-state index contributed by atoms with van der Waals surface area (Å²) in [7, 11) is 1.65. The zero-order valence-corrected chi connectivity index (χ0v) is 10.1. The van der Waals surface area contributed by atoms with Crippen molar-refractivity contribution in [3.8, 4) is 5.75 Å². The van der Waals surface area contributed by atoms with Gasteiger partial charge in [-0.15, -0.1) is 0 Å². The van der Waals surface area contributed by atoms with Gasteiger partial charge in [0.2, 0.25) is 0 Å².